The number of morpholine rings is 1. The molecular formula is C22H24FN3O3. The molecule has 2 aliphatic rings. The second kappa shape index (κ2) is 8.71. The summed E-state index contributed by atoms with van der Waals surface area (Å²) in [5, 5.41) is 2.92. The van der Waals surface area contributed by atoms with Gasteiger partial charge in [-0.05, 0) is 30.7 Å². The molecule has 2 aliphatic heterocycles. The number of ether oxygens (including phenoxy) is 1. The SMILES string of the molecule is O=C(Nc1cccc(N2CCCC2=O)c1)[C@@H](c1ccccc1F)N1CCOCC1. The van der Waals surface area contributed by atoms with E-state index in [0.717, 1.165) is 12.1 Å². The summed E-state index contributed by atoms with van der Waals surface area (Å²) in [6.45, 7) is 2.79. The Morgan fingerprint density at radius 1 is 1.07 bits per heavy atom. The number of hydrogen-bond acceptors (Lipinski definition) is 4. The lowest BCUT2D eigenvalue weighted by atomic mass is 10.0. The highest BCUT2D eigenvalue weighted by Gasteiger charge is 2.31. The van der Waals surface area contributed by atoms with E-state index in [1.165, 1.54) is 6.07 Å². The number of benzene rings is 2. The maximum absolute atomic E-state index is 14.5. The van der Waals surface area contributed by atoms with E-state index in [1.807, 2.05) is 17.0 Å². The molecule has 0 aromatic heterocycles. The van der Waals surface area contributed by atoms with Crippen molar-refractivity contribution in [2.24, 2.45) is 0 Å². The topological polar surface area (TPSA) is 61.9 Å². The Morgan fingerprint density at radius 2 is 1.86 bits per heavy atom. The van der Waals surface area contributed by atoms with Gasteiger partial charge in [0.2, 0.25) is 11.8 Å². The largest absolute Gasteiger partial charge is 0.379 e. The zero-order valence-corrected chi connectivity index (χ0v) is 16.1. The second-order valence-electron chi connectivity index (χ2n) is 7.26. The Balaban J connectivity index is 1.58. The molecule has 7 heteroatoms. The Hall–Kier alpha value is -2.77. The van der Waals surface area contributed by atoms with Gasteiger partial charge in [0.1, 0.15) is 11.9 Å². The fourth-order valence-electron chi connectivity index (χ4n) is 3.92. The van der Waals surface area contributed by atoms with Gasteiger partial charge in [-0.25, -0.2) is 4.39 Å². The third kappa shape index (κ3) is 4.31. The van der Waals surface area contributed by atoms with Crippen molar-refractivity contribution in [3.63, 3.8) is 0 Å². The van der Waals surface area contributed by atoms with Crippen LogP contribution in [0.4, 0.5) is 15.8 Å². The lowest BCUT2D eigenvalue weighted by Gasteiger charge is -2.34. The molecule has 1 N–H and O–H groups in total. The van der Waals surface area contributed by atoms with Crippen LogP contribution >= 0.6 is 0 Å². The monoisotopic (exact) mass is 397 g/mol. The van der Waals surface area contributed by atoms with E-state index in [9.17, 15) is 14.0 Å². The molecular weight excluding hydrogens is 373 g/mol. The summed E-state index contributed by atoms with van der Waals surface area (Å²) in [4.78, 5) is 28.9. The van der Waals surface area contributed by atoms with Crippen LogP contribution in [0, 0.1) is 5.82 Å². The number of hydrogen-bond donors (Lipinski definition) is 1. The van der Waals surface area contributed by atoms with Crippen molar-refractivity contribution < 1.29 is 18.7 Å². The van der Waals surface area contributed by atoms with Gasteiger partial charge in [0, 0.05) is 43.0 Å². The predicted molar refractivity (Wildman–Crippen MR) is 108 cm³/mol. The third-order valence-corrected chi connectivity index (χ3v) is 5.36. The molecule has 1 atom stereocenters. The van der Waals surface area contributed by atoms with Crippen molar-refractivity contribution in [1.29, 1.82) is 0 Å². The summed E-state index contributed by atoms with van der Waals surface area (Å²) in [5.74, 6) is -0.622. The van der Waals surface area contributed by atoms with Crippen LogP contribution < -0.4 is 10.2 Å². The van der Waals surface area contributed by atoms with Gasteiger partial charge in [0.05, 0.1) is 13.2 Å². The van der Waals surface area contributed by atoms with Gasteiger partial charge in [-0.2, -0.15) is 0 Å². The molecule has 2 heterocycles. The van der Waals surface area contributed by atoms with Crippen LogP contribution in [-0.4, -0.2) is 49.6 Å². The van der Waals surface area contributed by atoms with E-state index in [1.54, 1.807) is 35.2 Å². The lowest BCUT2D eigenvalue weighted by molar-refractivity contribution is -0.123. The molecule has 2 aromatic rings. The highest BCUT2D eigenvalue weighted by atomic mass is 19.1. The van der Waals surface area contributed by atoms with Crippen LogP contribution in [0.2, 0.25) is 0 Å². The molecule has 2 saturated heterocycles. The third-order valence-electron chi connectivity index (χ3n) is 5.36. The van der Waals surface area contributed by atoms with Crippen LogP contribution in [0.25, 0.3) is 0 Å². The average Bonchev–Trinajstić information content (AvgIpc) is 3.17. The zero-order chi connectivity index (χ0) is 20.2. The first-order valence-electron chi connectivity index (χ1n) is 9.91. The Kier molecular flexibility index (Phi) is 5.87. The minimum atomic E-state index is -0.753. The van der Waals surface area contributed by atoms with Gasteiger partial charge < -0.3 is 15.0 Å². The van der Waals surface area contributed by atoms with Gasteiger partial charge in [-0.1, -0.05) is 24.3 Å². The first-order valence-corrected chi connectivity index (χ1v) is 9.91. The molecule has 4 rings (SSSR count). The molecule has 6 nitrogen and oxygen atoms in total. The molecule has 0 bridgehead atoms. The Morgan fingerprint density at radius 3 is 2.59 bits per heavy atom. The van der Waals surface area contributed by atoms with Crippen LogP contribution in [-0.2, 0) is 14.3 Å². The standard InChI is InChI=1S/C22H24FN3O3/c23-19-8-2-1-7-18(19)21(25-11-13-29-14-12-25)22(28)24-16-5-3-6-17(15-16)26-10-4-9-20(26)27/h1-3,5-8,15,21H,4,9-14H2,(H,24,28)/t21-/m1/s1. The van der Waals surface area contributed by atoms with Crippen molar-refractivity contribution in [1.82, 2.24) is 4.90 Å². The van der Waals surface area contributed by atoms with Gasteiger partial charge in [0.15, 0.2) is 0 Å². The molecule has 0 spiro atoms. The van der Waals surface area contributed by atoms with Crippen LogP contribution in [0.1, 0.15) is 24.4 Å². The normalized spacial score (nSPS) is 18.7. The molecule has 0 saturated carbocycles. The van der Waals surface area contributed by atoms with E-state index >= 15 is 0 Å². The van der Waals surface area contributed by atoms with Crippen LogP contribution in [0.3, 0.4) is 0 Å². The van der Waals surface area contributed by atoms with Crippen molar-refractivity contribution in [3.05, 3.63) is 59.9 Å². The first kappa shape index (κ1) is 19.5. The average molecular weight is 397 g/mol. The lowest BCUT2D eigenvalue weighted by Crippen LogP contribution is -2.44. The summed E-state index contributed by atoms with van der Waals surface area (Å²) in [7, 11) is 0. The summed E-state index contributed by atoms with van der Waals surface area (Å²) >= 11 is 0. The zero-order valence-electron chi connectivity index (χ0n) is 16.1. The number of nitrogens with one attached hydrogen (secondary N) is 1. The maximum atomic E-state index is 14.5. The summed E-state index contributed by atoms with van der Waals surface area (Å²) in [6.07, 6.45) is 1.38. The molecule has 29 heavy (non-hydrogen) atoms. The molecule has 2 amide bonds. The summed E-state index contributed by atoms with van der Waals surface area (Å²) in [6, 6.07) is 12.8. The Labute approximate surface area is 169 Å². The number of carbonyl (C=O) groups is 2. The van der Waals surface area contributed by atoms with Gasteiger partial charge in [-0.15, -0.1) is 0 Å². The van der Waals surface area contributed by atoms with E-state index in [2.05, 4.69) is 5.32 Å². The maximum Gasteiger partial charge on any atom is 0.246 e. The summed E-state index contributed by atoms with van der Waals surface area (Å²) in [5.41, 5.74) is 1.69. The highest BCUT2D eigenvalue weighted by Crippen LogP contribution is 2.28. The second-order valence-corrected chi connectivity index (χ2v) is 7.26. The number of carbonyl (C=O) groups excluding carboxylic acids is 2. The number of anilines is 2. The number of rotatable bonds is 5. The molecule has 0 radical (unpaired) electrons. The van der Waals surface area contributed by atoms with Gasteiger partial charge in [-0.3, -0.25) is 14.5 Å². The van der Waals surface area contributed by atoms with E-state index in [4.69, 9.17) is 4.74 Å². The van der Waals surface area contributed by atoms with Gasteiger partial charge in [0.25, 0.3) is 0 Å². The number of halogens is 1. The van der Waals surface area contributed by atoms with Crippen LogP contribution in [0.5, 0.6) is 0 Å². The van der Waals surface area contributed by atoms with E-state index in [-0.39, 0.29) is 11.8 Å². The first-order chi connectivity index (χ1) is 14.1. The van der Waals surface area contributed by atoms with E-state index < -0.39 is 11.9 Å². The van der Waals surface area contributed by atoms with Crippen molar-refractivity contribution in [2.75, 3.05) is 43.1 Å². The number of nitrogens with zero attached hydrogens (tertiary/aromatic N) is 2. The Bertz CT molecular complexity index is 898. The fourth-order valence-corrected chi connectivity index (χ4v) is 3.92. The predicted octanol–water partition coefficient (Wildman–Crippen LogP) is 2.96. The molecule has 2 aromatic carbocycles. The highest BCUT2D eigenvalue weighted by molar-refractivity contribution is 5.98. The molecule has 2 fully saturated rings. The fraction of sp³-hybridized carbons (Fsp3) is 0.364. The van der Waals surface area contributed by atoms with Crippen molar-refractivity contribution in [3.8, 4) is 0 Å². The van der Waals surface area contributed by atoms with Crippen molar-refractivity contribution >= 4 is 23.2 Å². The quantitative estimate of drug-likeness (QED) is 0.843. The van der Waals surface area contributed by atoms with Gasteiger partial charge >= 0.3 is 0 Å². The minimum Gasteiger partial charge on any atom is -0.379 e. The summed E-state index contributed by atoms with van der Waals surface area (Å²) < 4.78 is 19.9. The molecule has 152 valence electrons. The molecule has 0 aliphatic carbocycles. The van der Waals surface area contributed by atoms with Crippen LogP contribution in [0.15, 0.2) is 48.5 Å². The molecule has 0 unspecified atom stereocenters. The minimum absolute atomic E-state index is 0.0889. The van der Waals surface area contributed by atoms with Crippen molar-refractivity contribution in [2.45, 2.75) is 18.9 Å². The van der Waals surface area contributed by atoms with E-state index in [0.29, 0.717) is 50.5 Å². The smallest absolute Gasteiger partial charge is 0.246 e. The number of amides is 2.